The number of nitro groups is 1. The molecule has 1 N–H and O–H groups in total. The van der Waals surface area contributed by atoms with Crippen LogP contribution >= 0.6 is 15.9 Å². The lowest BCUT2D eigenvalue weighted by Gasteiger charge is -2.02. The number of phenols is 1. The first-order chi connectivity index (χ1) is 7.51. The summed E-state index contributed by atoms with van der Waals surface area (Å²) in [7, 11) is 0. The highest BCUT2D eigenvalue weighted by Gasteiger charge is 2.22. The van der Waals surface area contributed by atoms with Gasteiger partial charge in [0.25, 0.3) is 5.69 Å². The van der Waals surface area contributed by atoms with Gasteiger partial charge in [0.2, 0.25) is 0 Å². The van der Waals surface area contributed by atoms with Gasteiger partial charge in [0.15, 0.2) is 5.78 Å². The zero-order chi connectivity index (χ0) is 12.3. The standard InChI is InChI=1S/C9H5BrN2O4/c10-3-9(14)6-1-5(13)2-8(12(15)16)7(6)4-11/h1-2,13H,3H2. The number of nitriles is 1. The van der Waals surface area contributed by atoms with Crippen LogP contribution in [-0.4, -0.2) is 21.1 Å². The van der Waals surface area contributed by atoms with Crippen molar-refractivity contribution < 1.29 is 14.8 Å². The monoisotopic (exact) mass is 284 g/mol. The van der Waals surface area contributed by atoms with Crippen molar-refractivity contribution in [3.8, 4) is 11.8 Å². The Hall–Kier alpha value is -1.94. The minimum atomic E-state index is -0.816. The van der Waals surface area contributed by atoms with Crippen LogP contribution in [0, 0.1) is 21.4 Å². The van der Waals surface area contributed by atoms with E-state index in [0.29, 0.717) is 0 Å². The summed E-state index contributed by atoms with van der Waals surface area (Å²) in [5.74, 6) is -0.925. The van der Waals surface area contributed by atoms with Crippen LogP contribution in [0.5, 0.6) is 5.75 Å². The first kappa shape index (κ1) is 12.1. The molecular formula is C9H5BrN2O4. The van der Waals surface area contributed by atoms with Crippen molar-refractivity contribution in [3.05, 3.63) is 33.4 Å². The number of rotatable bonds is 3. The number of aromatic hydroxyl groups is 1. The molecule has 7 heteroatoms. The van der Waals surface area contributed by atoms with Gasteiger partial charge in [0, 0.05) is 5.56 Å². The third-order valence-corrected chi connectivity index (χ3v) is 2.34. The first-order valence-corrected chi connectivity index (χ1v) is 5.14. The van der Waals surface area contributed by atoms with Crippen molar-refractivity contribution in [2.45, 2.75) is 0 Å². The fourth-order valence-electron chi connectivity index (χ4n) is 1.17. The quantitative estimate of drug-likeness (QED) is 0.394. The third-order valence-electron chi connectivity index (χ3n) is 1.83. The summed E-state index contributed by atoms with van der Waals surface area (Å²) in [6, 6.07) is 3.47. The fourth-order valence-corrected chi connectivity index (χ4v) is 1.47. The molecule has 0 bridgehead atoms. The molecule has 0 unspecified atom stereocenters. The van der Waals surface area contributed by atoms with Crippen LogP contribution in [0.2, 0.25) is 0 Å². The number of carbonyl (C=O) groups is 1. The molecule has 0 aliphatic heterocycles. The van der Waals surface area contributed by atoms with Crippen molar-refractivity contribution in [3.63, 3.8) is 0 Å². The highest BCUT2D eigenvalue weighted by atomic mass is 79.9. The second-order valence-electron chi connectivity index (χ2n) is 2.81. The number of halogens is 1. The zero-order valence-corrected chi connectivity index (χ0v) is 9.39. The number of alkyl halides is 1. The van der Waals surface area contributed by atoms with Gasteiger partial charge in [-0.25, -0.2) is 0 Å². The lowest BCUT2D eigenvalue weighted by molar-refractivity contribution is -0.385. The third kappa shape index (κ3) is 2.17. The molecule has 0 heterocycles. The summed E-state index contributed by atoms with van der Waals surface area (Å²) in [4.78, 5) is 21.2. The van der Waals surface area contributed by atoms with Crippen molar-refractivity contribution in [2.75, 3.05) is 5.33 Å². The zero-order valence-electron chi connectivity index (χ0n) is 7.81. The molecule has 0 amide bonds. The molecule has 16 heavy (non-hydrogen) atoms. The van der Waals surface area contributed by atoms with Crippen LogP contribution in [0.1, 0.15) is 15.9 Å². The molecule has 0 aromatic heterocycles. The summed E-state index contributed by atoms with van der Waals surface area (Å²) in [5.41, 5.74) is -1.08. The van der Waals surface area contributed by atoms with E-state index < -0.39 is 22.1 Å². The van der Waals surface area contributed by atoms with Gasteiger partial charge >= 0.3 is 0 Å². The number of ketones is 1. The summed E-state index contributed by atoms with van der Waals surface area (Å²) >= 11 is 2.89. The van der Waals surface area contributed by atoms with E-state index in [1.54, 1.807) is 6.07 Å². The Bertz CT molecular complexity index is 507. The average molecular weight is 285 g/mol. The van der Waals surface area contributed by atoms with Crippen LogP contribution in [0.15, 0.2) is 12.1 Å². The molecule has 0 saturated carbocycles. The van der Waals surface area contributed by atoms with E-state index in [2.05, 4.69) is 15.9 Å². The predicted octanol–water partition coefficient (Wildman–Crippen LogP) is 1.75. The largest absolute Gasteiger partial charge is 0.508 e. The average Bonchev–Trinajstić information content (AvgIpc) is 2.26. The highest BCUT2D eigenvalue weighted by Crippen LogP contribution is 2.27. The fraction of sp³-hybridized carbons (Fsp3) is 0.111. The number of phenolic OH excluding ortho intramolecular Hbond substituents is 1. The number of carbonyl (C=O) groups excluding carboxylic acids is 1. The minimum absolute atomic E-state index is 0.0811. The maximum atomic E-state index is 11.4. The second kappa shape index (κ2) is 4.72. The van der Waals surface area contributed by atoms with Crippen molar-refractivity contribution in [1.82, 2.24) is 0 Å². The van der Waals surface area contributed by atoms with E-state index in [9.17, 15) is 20.0 Å². The van der Waals surface area contributed by atoms with Gasteiger partial charge < -0.3 is 5.11 Å². The Kier molecular flexibility index (Phi) is 3.58. The van der Waals surface area contributed by atoms with Crippen molar-refractivity contribution >= 4 is 27.4 Å². The molecule has 0 saturated heterocycles. The van der Waals surface area contributed by atoms with Crippen LogP contribution in [0.25, 0.3) is 0 Å². The second-order valence-corrected chi connectivity index (χ2v) is 3.37. The van der Waals surface area contributed by atoms with Crippen LogP contribution < -0.4 is 0 Å². The maximum absolute atomic E-state index is 11.4. The summed E-state index contributed by atoms with van der Waals surface area (Å²) in [6.45, 7) is 0. The Morgan fingerprint density at radius 3 is 2.69 bits per heavy atom. The van der Waals surface area contributed by atoms with E-state index in [-0.39, 0.29) is 16.5 Å². The maximum Gasteiger partial charge on any atom is 0.291 e. The van der Waals surface area contributed by atoms with Gasteiger partial charge in [0.1, 0.15) is 17.4 Å². The molecule has 0 aliphatic carbocycles. The number of nitro benzene ring substituents is 1. The molecule has 6 nitrogen and oxygen atoms in total. The first-order valence-electron chi connectivity index (χ1n) is 4.02. The Balaban J connectivity index is 3.56. The normalized spacial score (nSPS) is 9.50. The van der Waals surface area contributed by atoms with Gasteiger partial charge in [-0.15, -0.1) is 0 Å². The van der Waals surface area contributed by atoms with Gasteiger partial charge in [0.05, 0.1) is 16.3 Å². The Labute approximate surface area is 98.4 Å². The van der Waals surface area contributed by atoms with Gasteiger partial charge in [-0.05, 0) is 6.07 Å². The van der Waals surface area contributed by atoms with E-state index in [0.717, 1.165) is 12.1 Å². The minimum Gasteiger partial charge on any atom is -0.508 e. The lowest BCUT2D eigenvalue weighted by atomic mass is 10.0. The number of hydrogen-bond donors (Lipinski definition) is 1. The molecule has 1 aromatic carbocycles. The van der Waals surface area contributed by atoms with E-state index in [1.807, 2.05) is 0 Å². The van der Waals surface area contributed by atoms with E-state index >= 15 is 0 Å². The van der Waals surface area contributed by atoms with Crippen molar-refractivity contribution in [2.24, 2.45) is 0 Å². The van der Waals surface area contributed by atoms with Crippen LogP contribution in [0.3, 0.4) is 0 Å². The number of benzene rings is 1. The lowest BCUT2D eigenvalue weighted by Crippen LogP contribution is -2.05. The topological polar surface area (TPSA) is 104 Å². The van der Waals surface area contributed by atoms with E-state index in [4.69, 9.17) is 5.26 Å². The predicted molar refractivity (Wildman–Crippen MR) is 57.6 cm³/mol. The molecule has 1 rings (SSSR count). The summed E-state index contributed by atoms with van der Waals surface area (Å²) in [5, 5.41) is 28.5. The molecule has 0 spiro atoms. The molecule has 0 atom stereocenters. The highest BCUT2D eigenvalue weighted by molar-refractivity contribution is 9.09. The molecule has 0 aliphatic rings. The van der Waals surface area contributed by atoms with Crippen LogP contribution in [0.4, 0.5) is 5.69 Å². The van der Waals surface area contributed by atoms with Gasteiger partial charge in [-0.1, -0.05) is 15.9 Å². The van der Waals surface area contributed by atoms with Crippen LogP contribution in [-0.2, 0) is 0 Å². The SMILES string of the molecule is N#Cc1c(C(=O)CBr)cc(O)cc1[N+](=O)[O-]. The molecule has 0 radical (unpaired) electrons. The van der Waals surface area contributed by atoms with Gasteiger partial charge in [-0.2, -0.15) is 5.26 Å². The van der Waals surface area contributed by atoms with Crippen molar-refractivity contribution in [1.29, 1.82) is 5.26 Å². The Morgan fingerprint density at radius 2 is 2.25 bits per heavy atom. The molecular weight excluding hydrogens is 280 g/mol. The molecule has 82 valence electrons. The Morgan fingerprint density at radius 1 is 1.62 bits per heavy atom. The summed E-state index contributed by atoms with van der Waals surface area (Å²) < 4.78 is 0. The smallest absolute Gasteiger partial charge is 0.291 e. The number of Topliss-reactive ketones (excluding diaryl/α,β-unsaturated/α-hetero) is 1. The van der Waals surface area contributed by atoms with Gasteiger partial charge in [-0.3, -0.25) is 14.9 Å². The van der Waals surface area contributed by atoms with E-state index in [1.165, 1.54) is 0 Å². The number of hydrogen-bond acceptors (Lipinski definition) is 5. The summed E-state index contributed by atoms with van der Waals surface area (Å²) in [6.07, 6.45) is 0. The number of nitrogens with zero attached hydrogens (tertiary/aromatic N) is 2. The molecule has 1 aromatic rings. The molecule has 0 fully saturated rings.